The van der Waals surface area contributed by atoms with E-state index >= 15 is 0 Å². The van der Waals surface area contributed by atoms with Crippen LogP contribution in [0.2, 0.25) is 0 Å². The maximum atomic E-state index is 12.4. The number of anilines is 1. The van der Waals surface area contributed by atoms with Crippen LogP contribution < -0.4 is 10.1 Å². The third-order valence-corrected chi connectivity index (χ3v) is 4.77. The number of hydrogen-bond acceptors (Lipinski definition) is 3. The van der Waals surface area contributed by atoms with Crippen LogP contribution in [0, 0.1) is 3.57 Å². The van der Waals surface area contributed by atoms with Crippen molar-refractivity contribution >= 4 is 34.2 Å². The second-order valence-corrected chi connectivity index (χ2v) is 8.09. The average molecular weight is 466 g/mol. The molecule has 0 aliphatic rings. The zero-order valence-electron chi connectivity index (χ0n) is 16.0. The molecule has 140 valence electrons. The Labute approximate surface area is 170 Å². The zero-order chi connectivity index (χ0) is 19.3. The zero-order valence-corrected chi connectivity index (χ0v) is 18.2. The predicted molar refractivity (Wildman–Crippen MR) is 116 cm³/mol. The van der Waals surface area contributed by atoms with Crippen molar-refractivity contribution in [1.29, 1.82) is 0 Å². The van der Waals surface area contributed by atoms with Gasteiger partial charge in [0.15, 0.2) is 0 Å². The van der Waals surface area contributed by atoms with Crippen LogP contribution in [0.25, 0.3) is 0 Å². The summed E-state index contributed by atoms with van der Waals surface area (Å²) in [6.45, 7) is 10.7. The summed E-state index contributed by atoms with van der Waals surface area (Å²) < 4.78 is 7.15. The molecule has 0 heterocycles. The van der Waals surface area contributed by atoms with E-state index in [9.17, 15) is 4.79 Å². The maximum Gasteiger partial charge on any atom is 0.255 e. The SMILES string of the molecule is CC(C)N(C(C)C)C(C)Oc1cccc(NC(=O)c2cccc(I)c2)c1. The highest BCUT2D eigenvalue weighted by molar-refractivity contribution is 14.1. The van der Waals surface area contributed by atoms with Crippen LogP contribution in [0.4, 0.5) is 5.69 Å². The lowest BCUT2D eigenvalue weighted by Crippen LogP contribution is -2.46. The number of carbonyl (C=O) groups is 1. The molecule has 0 bridgehead atoms. The normalized spacial score (nSPS) is 12.5. The molecule has 0 fully saturated rings. The Morgan fingerprint density at radius 3 is 2.27 bits per heavy atom. The molecule has 0 radical (unpaired) electrons. The van der Waals surface area contributed by atoms with Gasteiger partial charge in [0.1, 0.15) is 12.0 Å². The number of hydrogen-bond donors (Lipinski definition) is 1. The standard InChI is InChI=1S/C21H27IN2O2/c1-14(2)24(15(3)4)16(5)26-20-11-7-10-19(13-20)23-21(25)17-8-6-9-18(22)12-17/h6-16H,1-5H3,(H,23,25). The number of rotatable bonds is 7. The minimum absolute atomic E-state index is 0.0587. The van der Waals surface area contributed by atoms with E-state index in [1.54, 1.807) is 0 Å². The van der Waals surface area contributed by atoms with E-state index in [-0.39, 0.29) is 12.1 Å². The van der Waals surface area contributed by atoms with Gasteiger partial charge in [-0.25, -0.2) is 0 Å². The van der Waals surface area contributed by atoms with Crippen molar-refractivity contribution in [3.8, 4) is 5.75 Å². The van der Waals surface area contributed by atoms with E-state index in [4.69, 9.17) is 4.74 Å². The molecule has 1 amide bonds. The quantitative estimate of drug-likeness (QED) is 0.440. The summed E-state index contributed by atoms with van der Waals surface area (Å²) in [4.78, 5) is 14.7. The van der Waals surface area contributed by atoms with Gasteiger partial charge in [-0.1, -0.05) is 12.1 Å². The molecule has 2 aromatic rings. The molecule has 1 atom stereocenters. The predicted octanol–water partition coefficient (Wildman–Crippen LogP) is 5.39. The smallest absolute Gasteiger partial charge is 0.255 e. The summed E-state index contributed by atoms with van der Waals surface area (Å²) in [5.41, 5.74) is 1.36. The van der Waals surface area contributed by atoms with Gasteiger partial charge in [-0.3, -0.25) is 9.69 Å². The highest BCUT2D eigenvalue weighted by Crippen LogP contribution is 2.22. The van der Waals surface area contributed by atoms with E-state index in [0.717, 1.165) is 15.0 Å². The van der Waals surface area contributed by atoms with Crippen molar-refractivity contribution in [3.05, 3.63) is 57.7 Å². The summed E-state index contributed by atoms with van der Waals surface area (Å²) in [5, 5.41) is 2.94. The number of nitrogens with zero attached hydrogens (tertiary/aromatic N) is 1. The van der Waals surface area contributed by atoms with Crippen LogP contribution in [0.15, 0.2) is 48.5 Å². The topological polar surface area (TPSA) is 41.6 Å². The monoisotopic (exact) mass is 466 g/mol. The first-order valence-corrected chi connectivity index (χ1v) is 9.97. The van der Waals surface area contributed by atoms with Gasteiger partial charge < -0.3 is 10.1 Å². The maximum absolute atomic E-state index is 12.4. The van der Waals surface area contributed by atoms with E-state index in [1.807, 2.05) is 48.5 Å². The minimum atomic E-state index is -0.125. The van der Waals surface area contributed by atoms with Gasteiger partial charge in [0.05, 0.1) is 0 Å². The number of nitrogens with one attached hydrogen (secondary N) is 1. The second kappa shape index (κ2) is 9.37. The summed E-state index contributed by atoms with van der Waals surface area (Å²) in [7, 11) is 0. The van der Waals surface area contributed by atoms with Gasteiger partial charge in [0, 0.05) is 33.0 Å². The van der Waals surface area contributed by atoms with E-state index in [1.165, 1.54) is 0 Å². The van der Waals surface area contributed by atoms with Gasteiger partial charge >= 0.3 is 0 Å². The third-order valence-electron chi connectivity index (χ3n) is 4.10. The first-order valence-electron chi connectivity index (χ1n) is 8.89. The Kier molecular flexibility index (Phi) is 7.46. The fraction of sp³-hybridized carbons (Fsp3) is 0.381. The minimum Gasteiger partial charge on any atom is -0.475 e. The van der Waals surface area contributed by atoms with Crippen LogP contribution in [-0.4, -0.2) is 29.1 Å². The molecule has 0 aliphatic heterocycles. The molecule has 0 spiro atoms. The first kappa shape index (κ1) is 20.7. The van der Waals surface area contributed by atoms with Gasteiger partial charge in [-0.2, -0.15) is 0 Å². The fourth-order valence-corrected chi connectivity index (χ4v) is 3.72. The Hall–Kier alpha value is -1.60. The van der Waals surface area contributed by atoms with Crippen LogP contribution in [-0.2, 0) is 0 Å². The Bertz CT molecular complexity index is 738. The molecule has 1 unspecified atom stereocenters. The molecule has 1 N–H and O–H groups in total. The molecule has 0 aliphatic carbocycles. The van der Waals surface area contributed by atoms with E-state index in [0.29, 0.717) is 17.6 Å². The Morgan fingerprint density at radius 2 is 1.65 bits per heavy atom. The van der Waals surface area contributed by atoms with Crippen molar-refractivity contribution in [1.82, 2.24) is 4.90 Å². The van der Waals surface area contributed by atoms with Crippen LogP contribution in [0.3, 0.4) is 0 Å². The molecule has 0 aromatic heterocycles. The first-order chi connectivity index (χ1) is 12.3. The van der Waals surface area contributed by atoms with Crippen molar-refractivity contribution < 1.29 is 9.53 Å². The lowest BCUT2D eigenvalue weighted by atomic mass is 10.2. The Morgan fingerprint density at radius 1 is 1.00 bits per heavy atom. The molecular weight excluding hydrogens is 439 g/mol. The summed E-state index contributed by atoms with van der Waals surface area (Å²) in [5.74, 6) is 0.615. The Balaban J connectivity index is 2.09. The van der Waals surface area contributed by atoms with E-state index in [2.05, 4.69) is 67.4 Å². The second-order valence-electron chi connectivity index (χ2n) is 6.84. The van der Waals surface area contributed by atoms with Crippen molar-refractivity contribution in [2.24, 2.45) is 0 Å². The third kappa shape index (κ3) is 5.71. The van der Waals surface area contributed by atoms with Crippen LogP contribution in [0.1, 0.15) is 45.0 Å². The highest BCUT2D eigenvalue weighted by atomic mass is 127. The van der Waals surface area contributed by atoms with Crippen molar-refractivity contribution in [2.45, 2.75) is 52.9 Å². The number of carbonyl (C=O) groups excluding carboxylic acids is 1. The number of benzene rings is 2. The number of ether oxygens (including phenoxy) is 1. The van der Waals surface area contributed by atoms with Crippen molar-refractivity contribution in [3.63, 3.8) is 0 Å². The fourth-order valence-electron chi connectivity index (χ4n) is 3.17. The van der Waals surface area contributed by atoms with Crippen LogP contribution >= 0.6 is 22.6 Å². The largest absolute Gasteiger partial charge is 0.475 e. The molecule has 0 saturated heterocycles. The average Bonchev–Trinajstić information content (AvgIpc) is 2.54. The van der Waals surface area contributed by atoms with Gasteiger partial charge in [-0.05, 0) is 87.5 Å². The lowest BCUT2D eigenvalue weighted by Gasteiger charge is -2.36. The molecule has 26 heavy (non-hydrogen) atoms. The van der Waals surface area contributed by atoms with Gasteiger partial charge in [0.25, 0.3) is 5.91 Å². The summed E-state index contributed by atoms with van der Waals surface area (Å²) in [6, 6.07) is 15.8. The summed E-state index contributed by atoms with van der Waals surface area (Å²) in [6.07, 6.45) is -0.0587. The van der Waals surface area contributed by atoms with Crippen LogP contribution in [0.5, 0.6) is 5.75 Å². The molecule has 5 heteroatoms. The molecule has 2 aromatic carbocycles. The molecule has 4 nitrogen and oxygen atoms in total. The van der Waals surface area contributed by atoms with E-state index < -0.39 is 0 Å². The molecule has 2 rings (SSSR count). The number of amides is 1. The van der Waals surface area contributed by atoms with Gasteiger partial charge in [0.2, 0.25) is 0 Å². The lowest BCUT2D eigenvalue weighted by molar-refractivity contribution is -0.00556. The molecule has 0 saturated carbocycles. The summed E-state index contributed by atoms with van der Waals surface area (Å²) >= 11 is 2.20. The van der Waals surface area contributed by atoms with Crippen molar-refractivity contribution in [2.75, 3.05) is 5.32 Å². The molecular formula is C21H27IN2O2. The van der Waals surface area contributed by atoms with Gasteiger partial charge in [-0.15, -0.1) is 0 Å². The number of halogens is 1. The highest BCUT2D eigenvalue weighted by Gasteiger charge is 2.21.